The summed E-state index contributed by atoms with van der Waals surface area (Å²) in [6.45, 7) is 0. The van der Waals surface area contributed by atoms with Crippen LogP contribution in [0.3, 0.4) is 0 Å². The Balaban J connectivity index is 1.75. The third-order valence-corrected chi connectivity index (χ3v) is 6.13. The third-order valence-electron chi connectivity index (χ3n) is 6.13. The van der Waals surface area contributed by atoms with E-state index in [0.717, 1.165) is 17.8 Å². The van der Waals surface area contributed by atoms with Crippen LogP contribution in [0.4, 0.5) is 0 Å². The molecule has 0 nitrogen and oxygen atoms in total. The average Bonchev–Trinajstić information content (AvgIpc) is 3.29. The Morgan fingerprint density at radius 1 is 0.682 bits per heavy atom. The van der Waals surface area contributed by atoms with E-state index < -0.39 is 0 Å². The van der Waals surface area contributed by atoms with Crippen LogP contribution >= 0.6 is 0 Å². The highest BCUT2D eigenvalue weighted by molar-refractivity contribution is 5.51. The van der Waals surface area contributed by atoms with E-state index >= 15 is 0 Å². The summed E-state index contributed by atoms with van der Waals surface area (Å²) < 4.78 is 0. The predicted molar refractivity (Wildman–Crippen MR) is 90.5 cm³/mol. The van der Waals surface area contributed by atoms with Crippen molar-refractivity contribution >= 4 is 0 Å². The Morgan fingerprint density at radius 3 is 1.91 bits per heavy atom. The molecular weight excluding hydrogens is 264 g/mol. The van der Waals surface area contributed by atoms with Crippen LogP contribution in [-0.2, 0) is 5.41 Å². The highest BCUT2D eigenvalue weighted by atomic mass is 14.6. The first-order valence-electron chi connectivity index (χ1n) is 8.38. The van der Waals surface area contributed by atoms with Crippen molar-refractivity contribution in [3.63, 3.8) is 0 Å². The first kappa shape index (κ1) is 12.5. The van der Waals surface area contributed by atoms with Crippen LogP contribution in [0.1, 0.15) is 17.5 Å². The Bertz CT molecular complexity index is 699. The topological polar surface area (TPSA) is 0 Å². The summed E-state index contributed by atoms with van der Waals surface area (Å²) in [5.41, 5.74) is 2.95. The van der Waals surface area contributed by atoms with Gasteiger partial charge in [0.15, 0.2) is 0 Å². The Morgan fingerprint density at radius 2 is 1.27 bits per heavy atom. The number of hydrogen-bond donors (Lipinski definition) is 0. The van der Waals surface area contributed by atoms with E-state index in [1.165, 1.54) is 17.5 Å². The molecule has 0 aliphatic heterocycles. The fourth-order valence-electron chi connectivity index (χ4n) is 5.31. The van der Waals surface area contributed by atoms with Crippen molar-refractivity contribution in [2.45, 2.75) is 11.8 Å². The van der Waals surface area contributed by atoms with Crippen molar-refractivity contribution in [2.75, 3.05) is 0 Å². The van der Waals surface area contributed by atoms with Crippen molar-refractivity contribution in [3.8, 4) is 0 Å². The van der Waals surface area contributed by atoms with E-state index in [1.54, 1.807) is 0 Å². The molecule has 1 saturated carbocycles. The molecule has 0 N–H and O–H groups in total. The average molecular weight is 284 g/mol. The molecule has 108 valence electrons. The highest BCUT2D eigenvalue weighted by Gasteiger charge is 2.56. The van der Waals surface area contributed by atoms with Gasteiger partial charge in [0.25, 0.3) is 0 Å². The number of benzene rings is 2. The van der Waals surface area contributed by atoms with Gasteiger partial charge in [-0.25, -0.2) is 0 Å². The predicted octanol–water partition coefficient (Wildman–Crippen LogP) is 4.98. The lowest BCUT2D eigenvalue weighted by atomic mass is 9.63. The maximum Gasteiger partial charge on any atom is 0.0421 e. The zero-order valence-electron chi connectivity index (χ0n) is 12.6. The standard InChI is InChI=1S/C22H20/c1-3-7-18(8-4-1)22(19-9-5-2-6-10-19)14-13-20-16-11-12-17(15-16)21(20)22/h1-14,16-17,20-21H,15H2. The van der Waals surface area contributed by atoms with Crippen molar-refractivity contribution in [1.29, 1.82) is 0 Å². The maximum absolute atomic E-state index is 2.51. The van der Waals surface area contributed by atoms with Gasteiger partial charge in [0.2, 0.25) is 0 Å². The molecule has 5 rings (SSSR count). The van der Waals surface area contributed by atoms with E-state index in [-0.39, 0.29) is 5.41 Å². The summed E-state index contributed by atoms with van der Waals surface area (Å²) in [5.74, 6) is 2.90. The molecule has 0 saturated heterocycles. The molecule has 0 aromatic heterocycles. The van der Waals surface area contributed by atoms with Crippen LogP contribution in [0.25, 0.3) is 0 Å². The summed E-state index contributed by atoms with van der Waals surface area (Å²) in [6.07, 6.45) is 11.3. The smallest absolute Gasteiger partial charge is 0.0421 e. The second kappa shape index (κ2) is 4.46. The van der Waals surface area contributed by atoms with Gasteiger partial charge in [0.05, 0.1) is 0 Å². The minimum absolute atomic E-state index is 0.0529. The van der Waals surface area contributed by atoms with Gasteiger partial charge in [0, 0.05) is 5.41 Å². The van der Waals surface area contributed by atoms with E-state index in [2.05, 4.69) is 85.0 Å². The van der Waals surface area contributed by atoms with Gasteiger partial charge < -0.3 is 0 Å². The van der Waals surface area contributed by atoms with Crippen LogP contribution in [0.2, 0.25) is 0 Å². The first-order valence-corrected chi connectivity index (χ1v) is 8.38. The van der Waals surface area contributed by atoms with Gasteiger partial charge in [-0.2, -0.15) is 0 Å². The number of hydrogen-bond acceptors (Lipinski definition) is 0. The molecule has 0 heterocycles. The third kappa shape index (κ3) is 1.48. The molecule has 2 aromatic carbocycles. The largest absolute Gasteiger partial charge is 0.0847 e. The van der Waals surface area contributed by atoms with E-state index in [4.69, 9.17) is 0 Å². The van der Waals surface area contributed by atoms with Crippen LogP contribution in [0, 0.1) is 23.7 Å². The van der Waals surface area contributed by atoms with Gasteiger partial charge in [-0.3, -0.25) is 0 Å². The van der Waals surface area contributed by atoms with Gasteiger partial charge in [0.1, 0.15) is 0 Å². The zero-order valence-corrected chi connectivity index (χ0v) is 12.6. The summed E-state index contributed by atoms with van der Waals surface area (Å²) in [7, 11) is 0. The first-order chi connectivity index (χ1) is 10.9. The van der Waals surface area contributed by atoms with Crippen molar-refractivity contribution < 1.29 is 0 Å². The molecule has 0 heteroatoms. The molecule has 4 unspecified atom stereocenters. The van der Waals surface area contributed by atoms with Crippen LogP contribution in [0.15, 0.2) is 85.0 Å². The SMILES string of the molecule is C1=CC2CC1C1C=CC(c3ccccc3)(c3ccccc3)C21. The van der Waals surface area contributed by atoms with Gasteiger partial charge in [-0.05, 0) is 41.2 Å². The molecule has 1 fully saturated rings. The monoisotopic (exact) mass is 284 g/mol. The van der Waals surface area contributed by atoms with Crippen molar-refractivity contribution in [1.82, 2.24) is 0 Å². The summed E-state index contributed by atoms with van der Waals surface area (Å²) >= 11 is 0. The number of allylic oxidation sites excluding steroid dienone is 4. The molecule has 0 radical (unpaired) electrons. The lowest BCUT2D eigenvalue weighted by molar-refractivity contribution is 0.300. The van der Waals surface area contributed by atoms with Crippen molar-refractivity contribution in [2.24, 2.45) is 23.7 Å². The van der Waals surface area contributed by atoms with Crippen LogP contribution < -0.4 is 0 Å². The molecule has 3 aliphatic rings. The summed E-state index contributed by atoms with van der Waals surface area (Å²) in [5, 5.41) is 0. The van der Waals surface area contributed by atoms with Gasteiger partial charge in [-0.15, -0.1) is 0 Å². The molecule has 22 heavy (non-hydrogen) atoms. The van der Waals surface area contributed by atoms with Gasteiger partial charge in [-0.1, -0.05) is 85.0 Å². The lowest BCUT2D eigenvalue weighted by Crippen LogP contribution is -2.37. The Kier molecular flexibility index (Phi) is 2.52. The summed E-state index contributed by atoms with van der Waals surface area (Å²) in [6, 6.07) is 22.2. The molecule has 4 atom stereocenters. The lowest BCUT2D eigenvalue weighted by Gasteiger charge is -2.39. The van der Waals surface area contributed by atoms with E-state index in [0.29, 0.717) is 5.92 Å². The molecule has 2 aromatic rings. The highest BCUT2D eigenvalue weighted by Crippen LogP contribution is 2.62. The molecule has 3 aliphatic carbocycles. The molecule has 0 spiro atoms. The van der Waals surface area contributed by atoms with E-state index in [1.807, 2.05) is 0 Å². The number of rotatable bonds is 2. The minimum atomic E-state index is 0.0529. The quantitative estimate of drug-likeness (QED) is 0.682. The normalized spacial score (nSPS) is 33.3. The second-order valence-electron chi connectivity index (χ2n) is 7.01. The Labute approximate surface area is 132 Å². The molecular formula is C22H20. The van der Waals surface area contributed by atoms with Crippen LogP contribution in [-0.4, -0.2) is 0 Å². The molecule has 2 bridgehead atoms. The number of fused-ring (bicyclic) bond motifs is 5. The Hall–Kier alpha value is -2.08. The fourth-order valence-corrected chi connectivity index (χ4v) is 5.31. The minimum Gasteiger partial charge on any atom is -0.0847 e. The fraction of sp³-hybridized carbons (Fsp3) is 0.273. The van der Waals surface area contributed by atoms with E-state index in [9.17, 15) is 0 Å². The van der Waals surface area contributed by atoms with Gasteiger partial charge >= 0.3 is 0 Å². The maximum atomic E-state index is 2.51. The van der Waals surface area contributed by atoms with Crippen molar-refractivity contribution in [3.05, 3.63) is 96.1 Å². The summed E-state index contributed by atoms with van der Waals surface area (Å²) in [4.78, 5) is 0. The zero-order chi connectivity index (χ0) is 14.6. The van der Waals surface area contributed by atoms with Crippen LogP contribution in [0.5, 0.6) is 0 Å². The second-order valence-corrected chi connectivity index (χ2v) is 7.01. The molecule has 0 amide bonds.